The fraction of sp³-hybridized carbons (Fsp3) is 0.167. The Morgan fingerprint density at radius 1 is 1.35 bits per heavy atom. The van der Waals surface area contributed by atoms with Crippen LogP contribution in [0.2, 0.25) is 0 Å². The van der Waals surface area contributed by atoms with Crippen molar-refractivity contribution >= 4 is 22.8 Å². The first-order chi connectivity index (χ1) is 8.09. The smallest absolute Gasteiger partial charge is 0.325 e. The van der Waals surface area contributed by atoms with Crippen molar-refractivity contribution in [2.75, 3.05) is 0 Å². The van der Waals surface area contributed by atoms with Crippen molar-refractivity contribution in [3.63, 3.8) is 0 Å². The zero-order valence-electron chi connectivity index (χ0n) is 9.23. The van der Waals surface area contributed by atoms with Gasteiger partial charge >= 0.3 is 5.97 Å². The molecule has 1 heterocycles. The maximum atomic E-state index is 11.9. The lowest BCUT2D eigenvalue weighted by atomic mass is 10.1. The molecule has 88 valence electrons. The molecule has 2 aromatic rings. The minimum absolute atomic E-state index is 0.395. The highest BCUT2D eigenvalue weighted by Gasteiger charge is 2.17. The molecule has 0 aliphatic heterocycles. The number of carbonyl (C=O) groups excluding carboxylic acids is 1. The second-order valence-electron chi connectivity index (χ2n) is 3.78. The molecule has 1 atom stereocenters. The average Bonchev–Trinajstić information content (AvgIpc) is 2.76. The molecule has 0 aliphatic carbocycles. The number of benzene rings is 1. The van der Waals surface area contributed by atoms with Gasteiger partial charge in [-0.2, -0.15) is 0 Å². The summed E-state index contributed by atoms with van der Waals surface area (Å²) in [5.74, 6) is -1.45. The number of para-hydroxylation sites is 1. The van der Waals surface area contributed by atoms with E-state index >= 15 is 0 Å². The third kappa shape index (κ3) is 2.13. The molecule has 3 N–H and O–H groups in total. The Labute approximate surface area is 97.4 Å². The first-order valence-electron chi connectivity index (χ1n) is 5.19. The number of amides is 1. The van der Waals surface area contributed by atoms with Gasteiger partial charge in [-0.15, -0.1) is 0 Å². The summed E-state index contributed by atoms with van der Waals surface area (Å²) in [6, 6.07) is 6.24. The van der Waals surface area contributed by atoms with Gasteiger partial charge in [-0.05, 0) is 19.1 Å². The third-order valence-corrected chi connectivity index (χ3v) is 2.55. The summed E-state index contributed by atoms with van der Waals surface area (Å²) >= 11 is 0. The van der Waals surface area contributed by atoms with E-state index in [1.54, 1.807) is 18.3 Å². The Bertz CT molecular complexity index is 574. The molecule has 1 amide bonds. The van der Waals surface area contributed by atoms with Crippen molar-refractivity contribution in [1.82, 2.24) is 10.3 Å². The highest BCUT2D eigenvalue weighted by molar-refractivity contribution is 6.06. The van der Waals surface area contributed by atoms with Crippen LogP contribution in [0.3, 0.4) is 0 Å². The normalized spacial score (nSPS) is 12.3. The quantitative estimate of drug-likeness (QED) is 0.747. The Hall–Kier alpha value is -2.30. The van der Waals surface area contributed by atoms with Gasteiger partial charge in [0.2, 0.25) is 0 Å². The highest BCUT2D eigenvalue weighted by Crippen LogP contribution is 2.16. The van der Waals surface area contributed by atoms with Crippen LogP contribution in [0.15, 0.2) is 30.5 Å². The number of aromatic nitrogens is 1. The summed E-state index contributed by atoms with van der Waals surface area (Å²) < 4.78 is 0. The molecule has 0 saturated carbocycles. The number of nitrogens with one attached hydrogen (secondary N) is 2. The van der Waals surface area contributed by atoms with Gasteiger partial charge in [-0.1, -0.05) is 12.1 Å². The van der Waals surface area contributed by atoms with Gasteiger partial charge in [-0.25, -0.2) is 0 Å². The predicted molar refractivity (Wildman–Crippen MR) is 62.9 cm³/mol. The SMILES string of the molecule is CC(NC(=O)c1cccc2cc[nH]c12)C(=O)O. The van der Waals surface area contributed by atoms with Gasteiger partial charge in [0.1, 0.15) is 6.04 Å². The number of fused-ring (bicyclic) bond motifs is 1. The molecule has 5 heteroatoms. The van der Waals surface area contributed by atoms with Crippen LogP contribution in [0.5, 0.6) is 0 Å². The highest BCUT2D eigenvalue weighted by atomic mass is 16.4. The Kier molecular flexibility index (Phi) is 2.82. The van der Waals surface area contributed by atoms with Crippen LogP contribution in [-0.4, -0.2) is 28.0 Å². The summed E-state index contributed by atoms with van der Waals surface area (Å²) in [7, 11) is 0. The summed E-state index contributed by atoms with van der Waals surface area (Å²) in [5, 5.41) is 12.1. The van der Waals surface area contributed by atoms with Crippen LogP contribution in [0.4, 0.5) is 0 Å². The lowest BCUT2D eigenvalue weighted by Crippen LogP contribution is -2.38. The molecule has 2 rings (SSSR count). The molecule has 1 aromatic carbocycles. The Balaban J connectivity index is 2.30. The zero-order valence-corrected chi connectivity index (χ0v) is 9.23. The predicted octanol–water partition coefficient (Wildman–Crippen LogP) is 1.37. The number of carboxylic acid groups (broad SMARTS) is 1. The van der Waals surface area contributed by atoms with Gasteiger partial charge < -0.3 is 15.4 Å². The maximum absolute atomic E-state index is 11.9. The van der Waals surface area contributed by atoms with Gasteiger partial charge in [0.15, 0.2) is 0 Å². The van der Waals surface area contributed by atoms with Crippen LogP contribution < -0.4 is 5.32 Å². The number of H-pyrrole nitrogens is 1. The molecule has 0 radical (unpaired) electrons. The van der Waals surface area contributed by atoms with Crippen molar-refractivity contribution in [3.05, 3.63) is 36.0 Å². The topological polar surface area (TPSA) is 82.2 Å². The second kappa shape index (κ2) is 4.29. The molecule has 1 aromatic heterocycles. The molecule has 0 spiro atoms. The second-order valence-corrected chi connectivity index (χ2v) is 3.78. The number of aromatic amines is 1. The van der Waals surface area contributed by atoms with Crippen molar-refractivity contribution in [3.8, 4) is 0 Å². The monoisotopic (exact) mass is 232 g/mol. The van der Waals surface area contributed by atoms with Crippen LogP contribution in [0, 0.1) is 0 Å². The number of aliphatic carboxylic acids is 1. The van der Waals surface area contributed by atoms with E-state index in [9.17, 15) is 9.59 Å². The maximum Gasteiger partial charge on any atom is 0.325 e. The van der Waals surface area contributed by atoms with Crippen molar-refractivity contribution in [1.29, 1.82) is 0 Å². The number of rotatable bonds is 3. The van der Waals surface area contributed by atoms with E-state index in [4.69, 9.17) is 5.11 Å². The lowest BCUT2D eigenvalue weighted by molar-refractivity contribution is -0.138. The van der Waals surface area contributed by atoms with E-state index in [1.165, 1.54) is 6.92 Å². The lowest BCUT2D eigenvalue weighted by Gasteiger charge is -2.09. The van der Waals surface area contributed by atoms with Crippen LogP contribution in [-0.2, 0) is 4.79 Å². The largest absolute Gasteiger partial charge is 0.480 e. The van der Waals surface area contributed by atoms with Crippen LogP contribution in [0.1, 0.15) is 17.3 Å². The molecule has 0 aliphatic rings. The minimum Gasteiger partial charge on any atom is -0.480 e. The van der Waals surface area contributed by atoms with Crippen LogP contribution >= 0.6 is 0 Å². The number of carboxylic acids is 1. The number of hydrogen-bond acceptors (Lipinski definition) is 2. The molecule has 5 nitrogen and oxygen atoms in total. The van der Waals surface area contributed by atoms with E-state index in [1.807, 2.05) is 12.1 Å². The summed E-state index contributed by atoms with van der Waals surface area (Å²) in [6.45, 7) is 1.43. The van der Waals surface area contributed by atoms with Crippen LogP contribution in [0.25, 0.3) is 10.9 Å². The fourth-order valence-electron chi connectivity index (χ4n) is 1.61. The first-order valence-corrected chi connectivity index (χ1v) is 5.19. The molecular formula is C12H12N2O3. The van der Waals surface area contributed by atoms with E-state index in [-0.39, 0.29) is 0 Å². The third-order valence-electron chi connectivity index (χ3n) is 2.55. The van der Waals surface area contributed by atoms with Gasteiger partial charge in [0, 0.05) is 11.6 Å². The van der Waals surface area contributed by atoms with E-state index in [0.717, 1.165) is 5.39 Å². The summed E-state index contributed by atoms with van der Waals surface area (Å²) in [4.78, 5) is 25.5. The van der Waals surface area contributed by atoms with Crippen molar-refractivity contribution in [2.45, 2.75) is 13.0 Å². The van der Waals surface area contributed by atoms with Gasteiger partial charge in [0.05, 0.1) is 11.1 Å². The van der Waals surface area contributed by atoms with Gasteiger partial charge in [-0.3, -0.25) is 9.59 Å². The van der Waals surface area contributed by atoms with Crippen molar-refractivity contribution in [2.24, 2.45) is 0 Å². The Morgan fingerprint density at radius 3 is 2.82 bits per heavy atom. The summed E-state index contributed by atoms with van der Waals surface area (Å²) in [6.07, 6.45) is 1.74. The van der Waals surface area contributed by atoms with E-state index < -0.39 is 17.9 Å². The van der Waals surface area contributed by atoms with E-state index in [2.05, 4.69) is 10.3 Å². The molecule has 1 unspecified atom stereocenters. The standard InChI is InChI=1S/C12H12N2O3/c1-7(12(16)17)14-11(15)9-4-2-3-8-5-6-13-10(8)9/h2-7,13H,1H3,(H,14,15)(H,16,17). The van der Waals surface area contributed by atoms with E-state index in [0.29, 0.717) is 11.1 Å². The number of hydrogen-bond donors (Lipinski definition) is 3. The first kappa shape index (κ1) is 11.2. The number of carbonyl (C=O) groups is 2. The molecule has 0 saturated heterocycles. The molecule has 0 fully saturated rings. The molecule has 0 bridgehead atoms. The van der Waals surface area contributed by atoms with Gasteiger partial charge in [0.25, 0.3) is 5.91 Å². The minimum atomic E-state index is -1.06. The fourth-order valence-corrected chi connectivity index (χ4v) is 1.61. The van der Waals surface area contributed by atoms with Crippen molar-refractivity contribution < 1.29 is 14.7 Å². The molecule has 17 heavy (non-hydrogen) atoms. The summed E-state index contributed by atoms with van der Waals surface area (Å²) in [5.41, 5.74) is 1.16. The molecular weight excluding hydrogens is 220 g/mol. The Morgan fingerprint density at radius 2 is 2.12 bits per heavy atom. The zero-order chi connectivity index (χ0) is 12.4. The average molecular weight is 232 g/mol.